The van der Waals surface area contributed by atoms with Crippen LogP contribution in [0.1, 0.15) is 34.5 Å². The second-order valence-corrected chi connectivity index (χ2v) is 7.77. The van der Waals surface area contributed by atoms with Gasteiger partial charge in [-0.15, -0.1) is 11.3 Å². The van der Waals surface area contributed by atoms with E-state index in [1.807, 2.05) is 54.0 Å². The molecule has 1 aliphatic rings. The van der Waals surface area contributed by atoms with Gasteiger partial charge in [0.05, 0.1) is 10.6 Å². The first kappa shape index (κ1) is 18.4. The van der Waals surface area contributed by atoms with Gasteiger partial charge in [-0.05, 0) is 54.5 Å². The molecule has 1 unspecified atom stereocenters. The highest BCUT2D eigenvalue weighted by molar-refractivity contribution is 7.12. The van der Waals surface area contributed by atoms with Gasteiger partial charge in [0.2, 0.25) is 5.91 Å². The Hall–Kier alpha value is -2.93. The number of hydrogen-bond donors (Lipinski definition) is 1. The summed E-state index contributed by atoms with van der Waals surface area (Å²) in [7, 11) is 0. The summed E-state index contributed by atoms with van der Waals surface area (Å²) in [6.07, 6.45) is 6.24. The molecule has 0 radical (unpaired) electrons. The molecule has 144 valence electrons. The number of piperidine rings is 1. The number of aromatic nitrogens is 2. The lowest BCUT2D eigenvalue weighted by Crippen LogP contribution is -2.51. The van der Waals surface area contributed by atoms with Gasteiger partial charge in [0.1, 0.15) is 6.04 Å². The minimum atomic E-state index is -0.397. The number of nitrogens with one attached hydrogen (secondary N) is 1. The maximum absolute atomic E-state index is 12.8. The maximum atomic E-state index is 12.8. The highest BCUT2D eigenvalue weighted by atomic mass is 32.1. The van der Waals surface area contributed by atoms with Crippen LogP contribution in [-0.4, -0.2) is 39.1 Å². The summed E-state index contributed by atoms with van der Waals surface area (Å²) in [4.78, 5) is 28.0. The molecule has 6 nitrogen and oxygen atoms in total. The SMILES string of the molecule is O=C(NCc1ccc(-n2cccn2)cc1)C1CCCCN1C(=O)c1cccs1. The minimum Gasteiger partial charge on any atom is -0.350 e. The van der Waals surface area contributed by atoms with Crippen LogP contribution in [0.3, 0.4) is 0 Å². The van der Waals surface area contributed by atoms with Gasteiger partial charge in [-0.1, -0.05) is 18.2 Å². The number of nitrogens with zero attached hydrogens (tertiary/aromatic N) is 3. The molecule has 1 fully saturated rings. The van der Waals surface area contributed by atoms with E-state index in [0.717, 1.165) is 24.1 Å². The van der Waals surface area contributed by atoms with Crippen LogP contribution in [0.2, 0.25) is 0 Å². The molecule has 1 aliphatic heterocycles. The first-order valence-electron chi connectivity index (χ1n) is 9.43. The number of carbonyl (C=O) groups excluding carboxylic acids is 2. The van der Waals surface area contributed by atoms with Crippen molar-refractivity contribution in [3.63, 3.8) is 0 Å². The van der Waals surface area contributed by atoms with Gasteiger partial charge in [0, 0.05) is 25.5 Å². The Morgan fingerprint density at radius 2 is 2.00 bits per heavy atom. The van der Waals surface area contributed by atoms with Crippen LogP contribution in [0.4, 0.5) is 0 Å². The van der Waals surface area contributed by atoms with Crippen molar-refractivity contribution in [3.8, 4) is 5.69 Å². The molecule has 1 atom stereocenters. The van der Waals surface area contributed by atoms with Crippen molar-refractivity contribution in [1.29, 1.82) is 0 Å². The monoisotopic (exact) mass is 394 g/mol. The summed E-state index contributed by atoms with van der Waals surface area (Å²) < 4.78 is 1.79. The fraction of sp³-hybridized carbons (Fsp3) is 0.286. The average molecular weight is 395 g/mol. The summed E-state index contributed by atoms with van der Waals surface area (Å²) in [5.41, 5.74) is 1.98. The predicted molar refractivity (Wildman–Crippen MR) is 108 cm³/mol. The molecule has 0 saturated carbocycles. The van der Waals surface area contributed by atoms with Crippen LogP contribution >= 0.6 is 11.3 Å². The van der Waals surface area contributed by atoms with E-state index < -0.39 is 6.04 Å². The Labute approximate surface area is 167 Å². The molecule has 1 aromatic carbocycles. The zero-order valence-corrected chi connectivity index (χ0v) is 16.3. The van der Waals surface area contributed by atoms with Gasteiger partial charge in [-0.25, -0.2) is 4.68 Å². The Balaban J connectivity index is 1.38. The third kappa shape index (κ3) is 3.99. The van der Waals surface area contributed by atoms with Crippen LogP contribution in [0.25, 0.3) is 5.69 Å². The van der Waals surface area contributed by atoms with Crippen LogP contribution in [0.5, 0.6) is 0 Å². The van der Waals surface area contributed by atoms with Crippen molar-refractivity contribution < 1.29 is 9.59 Å². The van der Waals surface area contributed by atoms with E-state index in [2.05, 4.69) is 10.4 Å². The molecule has 28 heavy (non-hydrogen) atoms. The van der Waals surface area contributed by atoms with Gasteiger partial charge in [0.15, 0.2) is 0 Å². The quantitative estimate of drug-likeness (QED) is 0.722. The fourth-order valence-electron chi connectivity index (χ4n) is 3.48. The standard InChI is InChI=1S/C21H22N4O2S/c26-20(18-5-1-2-12-24(18)21(27)19-6-3-14-28-19)22-15-16-7-9-17(10-8-16)25-13-4-11-23-25/h3-4,6-11,13-14,18H,1-2,5,12,15H2,(H,22,26). The fourth-order valence-corrected chi connectivity index (χ4v) is 4.16. The molecule has 0 bridgehead atoms. The summed E-state index contributed by atoms with van der Waals surface area (Å²) in [5, 5.41) is 9.10. The van der Waals surface area contributed by atoms with Crippen molar-refractivity contribution in [2.45, 2.75) is 31.8 Å². The molecule has 0 spiro atoms. The van der Waals surface area contributed by atoms with Crippen LogP contribution in [0.15, 0.2) is 60.2 Å². The summed E-state index contributed by atoms with van der Waals surface area (Å²) in [6.45, 7) is 1.07. The second kappa shape index (κ2) is 8.39. The van der Waals surface area contributed by atoms with Gasteiger partial charge < -0.3 is 10.2 Å². The number of likely N-dealkylation sites (tertiary alicyclic amines) is 1. The van der Waals surface area contributed by atoms with Gasteiger partial charge in [-0.3, -0.25) is 9.59 Å². The summed E-state index contributed by atoms with van der Waals surface area (Å²) in [5.74, 6) is -0.126. The number of benzene rings is 1. The third-order valence-corrected chi connectivity index (χ3v) is 5.83. The first-order valence-corrected chi connectivity index (χ1v) is 10.3. The lowest BCUT2D eigenvalue weighted by molar-refractivity contribution is -0.126. The van der Waals surface area contributed by atoms with Crippen molar-refractivity contribution in [2.75, 3.05) is 6.54 Å². The molecular weight excluding hydrogens is 372 g/mol. The van der Waals surface area contributed by atoms with Gasteiger partial charge in [-0.2, -0.15) is 5.10 Å². The minimum absolute atomic E-state index is 0.0431. The molecule has 3 heterocycles. The number of rotatable bonds is 5. The molecule has 7 heteroatoms. The van der Waals surface area contributed by atoms with E-state index in [1.54, 1.807) is 15.8 Å². The molecule has 0 aliphatic carbocycles. The van der Waals surface area contributed by atoms with Gasteiger partial charge in [0.25, 0.3) is 5.91 Å². The highest BCUT2D eigenvalue weighted by Gasteiger charge is 2.32. The van der Waals surface area contributed by atoms with Crippen molar-refractivity contribution >= 4 is 23.2 Å². The topological polar surface area (TPSA) is 67.2 Å². The van der Waals surface area contributed by atoms with Crippen LogP contribution in [0, 0.1) is 0 Å². The number of amides is 2. The van der Waals surface area contributed by atoms with E-state index in [-0.39, 0.29) is 11.8 Å². The summed E-state index contributed by atoms with van der Waals surface area (Å²) >= 11 is 1.42. The number of thiophene rings is 1. The zero-order chi connectivity index (χ0) is 19.3. The number of hydrogen-bond acceptors (Lipinski definition) is 4. The van der Waals surface area contributed by atoms with Crippen molar-refractivity contribution in [1.82, 2.24) is 20.0 Å². The molecule has 2 amide bonds. The van der Waals surface area contributed by atoms with E-state index in [9.17, 15) is 9.59 Å². The zero-order valence-electron chi connectivity index (χ0n) is 15.5. The van der Waals surface area contributed by atoms with E-state index in [0.29, 0.717) is 24.4 Å². The lowest BCUT2D eigenvalue weighted by Gasteiger charge is -2.34. The molecule has 1 N–H and O–H groups in total. The molecule has 3 aromatic rings. The normalized spacial score (nSPS) is 16.7. The average Bonchev–Trinajstić information content (AvgIpc) is 3.46. The Morgan fingerprint density at radius 3 is 2.71 bits per heavy atom. The Morgan fingerprint density at radius 1 is 1.14 bits per heavy atom. The Bertz CT molecular complexity index is 920. The van der Waals surface area contributed by atoms with Crippen LogP contribution < -0.4 is 5.32 Å². The van der Waals surface area contributed by atoms with Gasteiger partial charge >= 0.3 is 0 Å². The highest BCUT2D eigenvalue weighted by Crippen LogP contribution is 2.22. The van der Waals surface area contributed by atoms with E-state index in [1.165, 1.54) is 11.3 Å². The lowest BCUT2D eigenvalue weighted by atomic mass is 10.0. The van der Waals surface area contributed by atoms with E-state index in [4.69, 9.17) is 0 Å². The first-order chi connectivity index (χ1) is 13.7. The maximum Gasteiger partial charge on any atom is 0.264 e. The predicted octanol–water partition coefficient (Wildman–Crippen LogP) is 3.24. The largest absolute Gasteiger partial charge is 0.350 e. The van der Waals surface area contributed by atoms with Crippen LogP contribution in [-0.2, 0) is 11.3 Å². The van der Waals surface area contributed by atoms with Crippen molar-refractivity contribution in [2.24, 2.45) is 0 Å². The molecule has 2 aromatic heterocycles. The molecule has 1 saturated heterocycles. The molecular formula is C21H22N4O2S. The van der Waals surface area contributed by atoms with E-state index >= 15 is 0 Å². The third-order valence-electron chi connectivity index (χ3n) is 4.97. The smallest absolute Gasteiger partial charge is 0.264 e. The number of carbonyl (C=O) groups is 2. The summed E-state index contributed by atoms with van der Waals surface area (Å²) in [6, 6.07) is 13.1. The Kier molecular flexibility index (Phi) is 5.53. The van der Waals surface area contributed by atoms with Crippen molar-refractivity contribution in [3.05, 3.63) is 70.7 Å². The second-order valence-electron chi connectivity index (χ2n) is 6.82. The molecule has 4 rings (SSSR count).